The quantitative estimate of drug-likeness (QED) is 0.536. The molecule has 1 atom stereocenters. The molecule has 0 fully saturated rings. The number of halogens is 1. The summed E-state index contributed by atoms with van der Waals surface area (Å²) in [5, 5.41) is 3.02. The van der Waals surface area contributed by atoms with Gasteiger partial charge in [-0.2, -0.15) is 4.31 Å². The summed E-state index contributed by atoms with van der Waals surface area (Å²) in [6.07, 6.45) is 1.23. The summed E-state index contributed by atoms with van der Waals surface area (Å²) in [5.41, 5.74) is 0.633. The van der Waals surface area contributed by atoms with E-state index < -0.39 is 32.0 Å². The Labute approximate surface area is 195 Å². The van der Waals surface area contributed by atoms with Gasteiger partial charge in [0.25, 0.3) is 0 Å². The maximum Gasteiger partial charge on any atom is 0.248 e. The predicted octanol–water partition coefficient (Wildman–Crippen LogP) is 3.55. The molecule has 0 saturated carbocycles. The molecule has 2 aromatic rings. The summed E-state index contributed by atoms with van der Waals surface area (Å²) in [6, 6.07) is 11.0. The fourth-order valence-electron chi connectivity index (χ4n) is 3.32. The van der Waals surface area contributed by atoms with Gasteiger partial charge >= 0.3 is 0 Å². The molecule has 176 valence electrons. The minimum atomic E-state index is -3.80. The zero-order valence-electron chi connectivity index (χ0n) is 18.4. The van der Waals surface area contributed by atoms with Crippen LogP contribution in [0.15, 0.2) is 53.4 Å². The number of carbonyl (C=O) groups is 1. The van der Waals surface area contributed by atoms with E-state index in [9.17, 15) is 21.6 Å². The number of amides is 1. The summed E-state index contributed by atoms with van der Waals surface area (Å²) in [7, 11) is -7.42. The number of carbonyl (C=O) groups excluding carboxylic acids is 1. The first-order valence-electron chi connectivity index (χ1n) is 10.1. The number of benzene rings is 2. The number of nitrogens with zero attached hydrogens (tertiary/aromatic N) is 2. The average molecular weight is 502 g/mol. The summed E-state index contributed by atoms with van der Waals surface area (Å²) >= 11 is 6.02. The lowest BCUT2D eigenvalue weighted by Gasteiger charge is -2.30. The summed E-state index contributed by atoms with van der Waals surface area (Å²) in [6.45, 7) is 5.91. The van der Waals surface area contributed by atoms with Crippen molar-refractivity contribution >= 4 is 48.9 Å². The van der Waals surface area contributed by atoms with Crippen molar-refractivity contribution in [2.24, 2.45) is 0 Å². The molecule has 0 aromatic heterocycles. The first-order chi connectivity index (χ1) is 14.9. The summed E-state index contributed by atoms with van der Waals surface area (Å²) in [5.74, 6) is -0.544. The summed E-state index contributed by atoms with van der Waals surface area (Å²) in [4.78, 5) is 13.1. The van der Waals surface area contributed by atoms with Crippen LogP contribution in [-0.2, 0) is 24.8 Å². The Balaban J connectivity index is 2.31. The molecule has 0 aliphatic carbocycles. The molecule has 0 heterocycles. The fourth-order valence-corrected chi connectivity index (χ4v) is 6.17. The lowest BCUT2D eigenvalue weighted by atomic mass is 10.2. The van der Waals surface area contributed by atoms with Gasteiger partial charge in [0.2, 0.25) is 26.0 Å². The molecule has 2 aromatic carbocycles. The van der Waals surface area contributed by atoms with E-state index in [-0.39, 0.29) is 17.0 Å². The molecule has 0 aliphatic rings. The van der Waals surface area contributed by atoms with Gasteiger partial charge in [0.1, 0.15) is 6.04 Å². The number of nitrogens with one attached hydrogen (secondary N) is 1. The molecular weight excluding hydrogens is 474 g/mol. The Morgan fingerprint density at radius 2 is 1.59 bits per heavy atom. The van der Waals surface area contributed by atoms with E-state index in [4.69, 9.17) is 11.6 Å². The third kappa shape index (κ3) is 6.00. The normalized spacial score (nSPS) is 13.1. The van der Waals surface area contributed by atoms with Crippen LogP contribution in [0.1, 0.15) is 27.2 Å². The second-order valence-corrected chi connectivity index (χ2v) is 11.3. The minimum absolute atomic E-state index is 0.114. The second kappa shape index (κ2) is 10.7. The van der Waals surface area contributed by atoms with E-state index in [0.717, 1.165) is 10.6 Å². The highest BCUT2D eigenvalue weighted by molar-refractivity contribution is 7.92. The molecule has 8 nitrogen and oxygen atoms in total. The largest absolute Gasteiger partial charge is 0.324 e. The lowest BCUT2D eigenvalue weighted by molar-refractivity contribution is -0.117. The first-order valence-corrected chi connectivity index (χ1v) is 13.8. The topological polar surface area (TPSA) is 104 Å². The van der Waals surface area contributed by atoms with Crippen LogP contribution in [0.2, 0.25) is 5.02 Å². The van der Waals surface area contributed by atoms with E-state index in [2.05, 4.69) is 5.32 Å². The van der Waals surface area contributed by atoms with Crippen LogP contribution in [0.25, 0.3) is 0 Å². The highest BCUT2D eigenvalue weighted by Crippen LogP contribution is 2.26. The highest BCUT2D eigenvalue weighted by atomic mass is 35.5. The van der Waals surface area contributed by atoms with Gasteiger partial charge in [0, 0.05) is 23.8 Å². The standard InChI is InChI=1S/C21H28ClN3O5S2/c1-5-20(25(31(4,27)28)18-10-8-9-16(22)15-18)21(26)23-17-11-13-19(14-12-17)32(29,30)24(6-2)7-3/h8-15,20H,5-7H2,1-4H3,(H,23,26)/t20-/m1/s1. The van der Waals surface area contributed by atoms with Gasteiger partial charge in [-0.15, -0.1) is 0 Å². The Morgan fingerprint density at radius 1 is 1.00 bits per heavy atom. The molecule has 2 rings (SSSR count). The van der Waals surface area contributed by atoms with Gasteiger partial charge in [-0.25, -0.2) is 16.8 Å². The molecule has 0 saturated heterocycles. The fraction of sp³-hybridized carbons (Fsp3) is 0.381. The molecule has 0 unspecified atom stereocenters. The number of hydrogen-bond acceptors (Lipinski definition) is 5. The van der Waals surface area contributed by atoms with Crippen molar-refractivity contribution in [1.29, 1.82) is 0 Å². The molecule has 0 aliphatic heterocycles. The number of hydrogen-bond donors (Lipinski definition) is 1. The van der Waals surface area contributed by atoms with Gasteiger partial charge in [0.05, 0.1) is 16.8 Å². The predicted molar refractivity (Wildman–Crippen MR) is 128 cm³/mol. The molecular formula is C21H28ClN3O5S2. The number of rotatable bonds is 10. The molecule has 32 heavy (non-hydrogen) atoms. The van der Waals surface area contributed by atoms with Crippen LogP contribution >= 0.6 is 11.6 Å². The van der Waals surface area contributed by atoms with Gasteiger partial charge in [-0.1, -0.05) is 38.4 Å². The van der Waals surface area contributed by atoms with E-state index in [1.165, 1.54) is 34.6 Å². The third-order valence-electron chi connectivity index (χ3n) is 4.86. The van der Waals surface area contributed by atoms with Crippen molar-refractivity contribution in [2.45, 2.75) is 38.1 Å². The first kappa shape index (κ1) is 26.1. The van der Waals surface area contributed by atoms with Crippen molar-refractivity contribution in [3.05, 3.63) is 53.6 Å². The minimum Gasteiger partial charge on any atom is -0.324 e. The molecule has 0 spiro atoms. The zero-order valence-corrected chi connectivity index (χ0v) is 20.8. The smallest absolute Gasteiger partial charge is 0.248 e. The Hall–Kier alpha value is -2.14. The van der Waals surface area contributed by atoms with Crippen LogP contribution in [0, 0.1) is 0 Å². The molecule has 1 N–H and O–H groups in total. The van der Waals surface area contributed by atoms with E-state index in [1.807, 2.05) is 0 Å². The van der Waals surface area contributed by atoms with Gasteiger partial charge in [-0.05, 0) is 48.9 Å². The van der Waals surface area contributed by atoms with Gasteiger partial charge in [-0.3, -0.25) is 9.10 Å². The third-order valence-corrected chi connectivity index (χ3v) is 8.34. The van der Waals surface area contributed by atoms with Crippen LogP contribution in [0.5, 0.6) is 0 Å². The molecule has 1 amide bonds. The maximum atomic E-state index is 13.0. The van der Waals surface area contributed by atoms with Gasteiger partial charge in [0.15, 0.2) is 0 Å². The van der Waals surface area contributed by atoms with Crippen molar-refractivity contribution in [3.63, 3.8) is 0 Å². The van der Waals surface area contributed by atoms with Crippen molar-refractivity contribution in [1.82, 2.24) is 4.31 Å². The Bertz CT molecular complexity index is 1150. The molecule has 11 heteroatoms. The highest BCUT2D eigenvalue weighted by Gasteiger charge is 2.32. The Kier molecular flexibility index (Phi) is 8.69. The maximum absolute atomic E-state index is 13.0. The summed E-state index contributed by atoms with van der Waals surface area (Å²) < 4.78 is 52.6. The van der Waals surface area contributed by atoms with Crippen molar-refractivity contribution < 1.29 is 21.6 Å². The van der Waals surface area contributed by atoms with Crippen LogP contribution in [-0.4, -0.2) is 52.4 Å². The lowest BCUT2D eigenvalue weighted by Crippen LogP contribution is -2.47. The van der Waals surface area contributed by atoms with E-state index in [0.29, 0.717) is 23.8 Å². The Morgan fingerprint density at radius 3 is 2.06 bits per heavy atom. The van der Waals surface area contributed by atoms with Crippen molar-refractivity contribution in [3.8, 4) is 0 Å². The van der Waals surface area contributed by atoms with Crippen LogP contribution in [0.4, 0.5) is 11.4 Å². The number of anilines is 2. The van der Waals surface area contributed by atoms with Gasteiger partial charge < -0.3 is 5.32 Å². The monoisotopic (exact) mass is 501 g/mol. The second-order valence-electron chi connectivity index (χ2n) is 7.07. The zero-order chi connectivity index (χ0) is 24.1. The van der Waals surface area contributed by atoms with Crippen LogP contribution < -0.4 is 9.62 Å². The van der Waals surface area contributed by atoms with E-state index in [1.54, 1.807) is 39.0 Å². The van der Waals surface area contributed by atoms with Crippen LogP contribution in [0.3, 0.4) is 0 Å². The van der Waals surface area contributed by atoms with E-state index >= 15 is 0 Å². The molecule has 0 bridgehead atoms. The molecule has 0 radical (unpaired) electrons. The number of sulfonamides is 2. The van der Waals surface area contributed by atoms with Crippen molar-refractivity contribution in [2.75, 3.05) is 29.0 Å². The SMILES string of the molecule is CC[C@H](C(=O)Nc1ccc(S(=O)(=O)N(CC)CC)cc1)N(c1cccc(Cl)c1)S(C)(=O)=O. The average Bonchev–Trinajstić information content (AvgIpc) is 2.72.